The zero-order valence-corrected chi connectivity index (χ0v) is 20.6. The summed E-state index contributed by atoms with van der Waals surface area (Å²) in [6.07, 6.45) is -1.14. The highest BCUT2D eigenvalue weighted by atomic mass is 31.2. The van der Waals surface area contributed by atoms with Crippen LogP contribution in [0.3, 0.4) is 0 Å². The van der Waals surface area contributed by atoms with E-state index >= 15 is 0 Å². The Hall–Kier alpha value is -2.26. The molecule has 1 fully saturated rings. The van der Waals surface area contributed by atoms with Crippen molar-refractivity contribution in [2.75, 3.05) is 20.3 Å². The van der Waals surface area contributed by atoms with Gasteiger partial charge in [-0.3, -0.25) is 23.4 Å². The molecule has 2 rings (SSSR count). The maximum atomic E-state index is 13.3. The first kappa shape index (κ1) is 27.0. The van der Waals surface area contributed by atoms with Crippen molar-refractivity contribution in [1.29, 1.82) is 0 Å². The van der Waals surface area contributed by atoms with Crippen molar-refractivity contribution >= 4 is 25.6 Å². The van der Waals surface area contributed by atoms with Crippen molar-refractivity contribution in [3.05, 3.63) is 35.9 Å². The van der Waals surface area contributed by atoms with Crippen molar-refractivity contribution < 1.29 is 37.5 Å². The summed E-state index contributed by atoms with van der Waals surface area (Å²) in [5.74, 6) is -1.92. The summed E-state index contributed by atoms with van der Waals surface area (Å²) in [6.45, 7) is 7.05. The first-order chi connectivity index (χ1) is 15.5. The third-order valence-corrected chi connectivity index (χ3v) is 6.65. The van der Waals surface area contributed by atoms with E-state index in [2.05, 4.69) is 15.1 Å². The average molecular weight is 484 g/mol. The van der Waals surface area contributed by atoms with Gasteiger partial charge in [0.15, 0.2) is 6.10 Å². The van der Waals surface area contributed by atoms with E-state index in [4.69, 9.17) is 13.8 Å². The molecular formula is C22H33N2O8P. The van der Waals surface area contributed by atoms with Crippen LogP contribution < -0.4 is 10.4 Å². The lowest BCUT2D eigenvalue weighted by Crippen LogP contribution is -2.52. The summed E-state index contributed by atoms with van der Waals surface area (Å²) in [5.41, 5.74) is 0.0158. The molecular weight excluding hydrogens is 451 g/mol. The Balaban J connectivity index is 2.05. The zero-order valence-electron chi connectivity index (χ0n) is 19.7. The fourth-order valence-corrected chi connectivity index (χ4v) is 5.16. The van der Waals surface area contributed by atoms with Gasteiger partial charge in [-0.05, 0) is 11.5 Å². The molecule has 1 aliphatic heterocycles. The Kier molecular flexibility index (Phi) is 9.60. The monoisotopic (exact) mass is 484 g/mol. The second-order valence-corrected chi connectivity index (χ2v) is 10.5. The molecule has 33 heavy (non-hydrogen) atoms. The molecule has 1 amide bonds. The van der Waals surface area contributed by atoms with Crippen LogP contribution in [0.15, 0.2) is 30.3 Å². The van der Waals surface area contributed by atoms with Crippen LogP contribution in [0.4, 0.5) is 0 Å². The van der Waals surface area contributed by atoms with Gasteiger partial charge >= 0.3 is 19.7 Å². The largest absolute Gasteiger partial charge is 0.469 e. The highest BCUT2D eigenvalue weighted by Crippen LogP contribution is 2.53. The van der Waals surface area contributed by atoms with Crippen LogP contribution in [0, 0.1) is 11.3 Å². The van der Waals surface area contributed by atoms with E-state index in [-0.39, 0.29) is 32.1 Å². The molecule has 1 aromatic rings. The van der Waals surface area contributed by atoms with Gasteiger partial charge in [0.25, 0.3) is 0 Å². The van der Waals surface area contributed by atoms with Crippen LogP contribution in [-0.2, 0) is 44.1 Å². The molecule has 10 nitrogen and oxygen atoms in total. The fourth-order valence-electron chi connectivity index (χ4n) is 3.05. The normalized spacial score (nSPS) is 22.9. The number of hydrogen-bond acceptors (Lipinski definition) is 8. The lowest BCUT2D eigenvalue weighted by atomic mass is 9.87. The third kappa shape index (κ3) is 7.92. The predicted octanol–water partition coefficient (Wildman–Crippen LogP) is 2.57. The zero-order chi connectivity index (χ0) is 24.6. The van der Waals surface area contributed by atoms with Gasteiger partial charge in [0.2, 0.25) is 5.91 Å². The quantitative estimate of drug-likeness (QED) is 0.380. The standard InChI is InChI=1S/C22H33N2O8P/c1-15(2)18(21(27)30-13-16-9-7-6-8-10-16)24-33(28)31-14-22(3,4)19(32-33)20(26)23-12-11-17(25)29-5/h6-10,15,18-19H,11-14H2,1-5H3,(H,23,26)(H,24,28)/t18-,19-,33?/m0/s1. The summed E-state index contributed by atoms with van der Waals surface area (Å²) in [5, 5.41) is 5.24. The second-order valence-electron chi connectivity index (χ2n) is 8.81. The summed E-state index contributed by atoms with van der Waals surface area (Å²) in [7, 11) is -2.77. The van der Waals surface area contributed by atoms with E-state index in [9.17, 15) is 18.9 Å². The van der Waals surface area contributed by atoms with Crippen LogP contribution in [0.1, 0.15) is 39.7 Å². The van der Waals surface area contributed by atoms with E-state index in [1.807, 2.05) is 30.3 Å². The molecule has 184 valence electrons. The molecule has 1 unspecified atom stereocenters. The van der Waals surface area contributed by atoms with Gasteiger partial charge in [-0.1, -0.05) is 58.0 Å². The highest BCUT2D eigenvalue weighted by Gasteiger charge is 2.49. The van der Waals surface area contributed by atoms with E-state index in [1.165, 1.54) is 7.11 Å². The Morgan fingerprint density at radius 1 is 1.21 bits per heavy atom. The number of rotatable bonds is 10. The number of ether oxygens (including phenoxy) is 2. The number of hydrogen-bond donors (Lipinski definition) is 2. The van der Waals surface area contributed by atoms with E-state index in [0.717, 1.165) is 5.56 Å². The first-order valence-corrected chi connectivity index (χ1v) is 12.3. The Bertz CT molecular complexity index is 874. The van der Waals surface area contributed by atoms with E-state index < -0.39 is 43.2 Å². The summed E-state index contributed by atoms with van der Waals surface area (Å²) >= 11 is 0. The lowest BCUT2D eigenvalue weighted by Gasteiger charge is -2.41. The number of amides is 1. The molecule has 1 aromatic carbocycles. The minimum atomic E-state index is -4.02. The maximum absolute atomic E-state index is 13.3. The summed E-state index contributed by atoms with van der Waals surface area (Å²) in [6, 6.07) is 8.20. The summed E-state index contributed by atoms with van der Waals surface area (Å²) in [4.78, 5) is 36.7. The number of nitrogens with one attached hydrogen (secondary N) is 2. The van der Waals surface area contributed by atoms with E-state index in [0.29, 0.717) is 0 Å². The fraction of sp³-hybridized carbons (Fsp3) is 0.591. The first-order valence-electron chi connectivity index (χ1n) is 10.7. The van der Waals surface area contributed by atoms with Crippen LogP contribution in [0.5, 0.6) is 0 Å². The molecule has 1 aliphatic rings. The highest BCUT2D eigenvalue weighted by molar-refractivity contribution is 7.51. The van der Waals surface area contributed by atoms with Crippen molar-refractivity contribution in [3.8, 4) is 0 Å². The van der Waals surface area contributed by atoms with Crippen LogP contribution >= 0.6 is 7.75 Å². The molecule has 11 heteroatoms. The molecule has 2 N–H and O–H groups in total. The third-order valence-electron chi connectivity index (χ3n) is 5.10. The molecule has 1 heterocycles. The smallest absolute Gasteiger partial charge is 0.407 e. The van der Waals surface area contributed by atoms with Crippen LogP contribution in [0.25, 0.3) is 0 Å². The Morgan fingerprint density at radius 2 is 1.88 bits per heavy atom. The second kappa shape index (κ2) is 11.7. The van der Waals surface area contributed by atoms with E-state index in [1.54, 1.807) is 27.7 Å². The molecule has 0 saturated carbocycles. The molecule has 0 radical (unpaired) electrons. The number of benzene rings is 1. The lowest BCUT2D eigenvalue weighted by molar-refractivity contribution is -0.148. The minimum Gasteiger partial charge on any atom is -0.469 e. The Labute approximate surface area is 194 Å². The number of carbonyl (C=O) groups is 3. The van der Waals surface area contributed by atoms with Crippen LogP contribution in [-0.4, -0.2) is 50.3 Å². The van der Waals surface area contributed by atoms with Gasteiger partial charge in [-0.2, -0.15) is 0 Å². The average Bonchev–Trinajstić information content (AvgIpc) is 2.78. The van der Waals surface area contributed by atoms with Gasteiger partial charge in [-0.25, -0.2) is 9.65 Å². The molecule has 3 atom stereocenters. The number of carbonyl (C=O) groups excluding carboxylic acids is 3. The topological polar surface area (TPSA) is 129 Å². The van der Waals surface area contributed by atoms with Gasteiger partial charge in [-0.15, -0.1) is 0 Å². The van der Waals surface area contributed by atoms with Crippen molar-refractivity contribution in [2.45, 2.75) is 52.9 Å². The van der Waals surface area contributed by atoms with Gasteiger partial charge in [0.1, 0.15) is 12.6 Å². The minimum absolute atomic E-state index is 0.00945. The van der Waals surface area contributed by atoms with Gasteiger partial charge in [0, 0.05) is 12.0 Å². The maximum Gasteiger partial charge on any atom is 0.407 e. The molecule has 0 aliphatic carbocycles. The number of methoxy groups -OCH3 is 1. The molecule has 0 spiro atoms. The molecule has 0 bridgehead atoms. The molecule has 1 saturated heterocycles. The van der Waals surface area contributed by atoms with Crippen molar-refractivity contribution in [3.63, 3.8) is 0 Å². The van der Waals surface area contributed by atoms with Gasteiger partial charge in [0.05, 0.1) is 20.1 Å². The molecule has 0 aromatic heterocycles. The van der Waals surface area contributed by atoms with Gasteiger partial charge < -0.3 is 14.8 Å². The number of esters is 2. The van der Waals surface area contributed by atoms with Crippen LogP contribution in [0.2, 0.25) is 0 Å². The SMILES string of the molecule is COC(=O)CCNC(=O)[C@@H]1OP(=O)(N[C@H](C(=O)OCc2ccccc2)C(C)C)OCC1(C)C. The van der Waals surface area contributed by atoms with Crippen molar-refractivity contribution in [2.24, 2.45) is 11.3 Å². The Morgan fingerprint density at radius 3 is 2.48 bits per heavy atom. The summed E-state index contributed by atoms with van der Waals surface area (Å²) < 4.78 is 34.4. The predicted molar refractivity (Wildman–Crippen MR) is 120 cm³/mol. The van der Waals surface area contributed by atoms with Crippen molar-refractivity contribution in [1.82, 2.24) is 10.4 Å².